The molecular weight excluding hydrogens is 263 g/mol. The molecule has 0 bridgehead atoms. The van der Waals surface area contributed by atoms with Gasteiger partial charge in [0.25, 0.3) is 0 Å². The average molecular weight is 270 g/mol. The van der Waals surface area contributed by atoms with E-state index in [2.05, 4.69) is 22.1 Å². The molecule has 70 valence electrons. The molecule has 0 aliphatic rings. The van der Waals surface area contributed by atoms with Gasteiger partial charge in [-0.2, -0.15) is 0 Å². The first kappa shape index (κ1) is 9.66. The van der Waals surface area contributed by atoms with E-state index in [4.69, 9.17) is 11.6 Å². The van der Waals surface area contributed by atoms with E-state index in [0.717, 1.165) is 4.72 Å². The Kier molecular flexibility index (Phi) is 3.14. The van der Waals surface area contributed by atoms with Gasteiger partial charge in [-0.3, -0.25) is 0 Å². The van der Waals surface area contributed by atoms with Crippen LogP contribution in [0.2, 0.25) is 5.15 Å². The van der Waals surface area contributed by atoms with Gasteiger partial charge in [-0.15, -0.1) is 0 Å². The second-order valence-electron chi connectivity index (χ2n) is 2.58. The summed E-state index contributed by atoms with van der Waals surface area (Å²) in [6, 6.07) is 11.9. The van der Waals surface area contributed by atoms with Crippen molar-refractivity contribution in [2.24, 2.45) is 0 Å². The van der Waals surface area contributed by atoms with E-state index in [9.17, 15) is 0 Å². The molecule has 0 unspecified atom stereocenters. The van der Waals surface area contributed by atoms with Gasteiger partial charge in [0.05, 0.1) is 0 Å². The van der Waals surface area contributed by atoms with E-state index in [0.29, 0.717) is 5.15 Å². The van der Waals surface area contributed by atoms with Crippen LogP contribution in [0.25, 0.3) is 0 Å². The summed E-state index contributed by atoms with van der Waals surface area (Å²) in [4.78, 5) is 8.32. The molecule has 1 aromatic heterocycles. The van der Waals surface area contributed by atoms with Gasteiger partial charge in [0.15, 0.2) is 0 Å². The molecule has 2 nitrogen and oxygen atoms in total. The third kappa shape index (κ3) is 2.55. The minimum atomic E-state index is 0.145. The van der Waals surface area contributed by atoms with Crippen LogP contribution >= 0.6 is 11.6 Å². The van der Waals surface area contributed by atoms with Crippen molar-refractivity contribution < 1.29 is 0 Å². The molecule has 1 aromatic carbocycles. The Balaban J connectivity index is 2.19. The van der Waals surface area contributed by atoms with Crippen molar-refractivity contribution in [3.8, 4) is 0 Å². The molecule has 0 N–H and O–H groups in total. The van der Waals surface area contributed by atoms with E-state index >= 15 is 0 Å². The summed E-state index contributed by atoms with van der Waals surface area (Å²) in [5, 5.41) is 0.507. The van der Waals surface area contributed by atoms with Crippen LogP contribution in [-0.2, 0) is 0 Å². The first-order chi connectivity index (χ1) is 6.84. The Labute approximate surface area is 93.5 Å². The van der Waals surface area contributed by atoms with Gasteiger partial charge in [0, 0.05) is 0 Å². The van der Waals surface area contributed by atoms with Crippen molar-refractivity contribution in [2.45, 2.75) is 0 Å². The summed E-state index contributed by atoms with van der Waals surface area (Å²) < 4.78 is 2.07. The van der Waals surface area contributed by atoms with Crippen LogP contribution in [0.5, 0.6) is 0 Å². The zero-order valence-corrected chi connectivity index (χ0v) is 9.69. The molecule has 0 atom stereocenters. The Morgan fingerprint density at radius 2 is 1.86 bits per heavy atom. The molecule has 0 saturated carbocycles. The fourth-order valence-electron chi connectivity index (χ4n) is 0.963. The van der Waals surface area contributed by atoms with Crippen molar-refractivity contribution in [1.29, 1.82) is 0 Å². The quantitative estimate of drug-likeness (QED) is 0.595. The number of hydrogen-bond donors (Lipinski definition) is 0. The molecule has 0 aliphatic carbocycles. The number of benzene rings is 1. The van der Waals surface area contributed by atoms with Crippen molar-refractivity contribution in [3.05, 3.63) is 47.7 Å². The number of halogens is 1. The molecule has 1 heterocycles. The normalized spacial score (nSPS) is 10.1. The van der Waals surface area contributed by atoms with E-state index in [-0.39, 0.29) is 15.0 Å². The van der Waals surface area contributed by atoms with Crippen molar-refractivity contribution in [1.82, 2.24) is 9.97 Å². The molecular formula is C10H7ClN2Se. The third-order valence-electron chi connectivity index (χ3n) is 1.55. The van der Waals surface area contributed by atoms with E-state index in [1.165, 1.54) is 4.46 Å². The van der Waals surface area contributed by atoms with Crippen LogP contribution < -0.4 is 9.18 Å². The molecule has 0 spiro atoms. The average Bonchev–Trinajstić information content (AvgIpc) is 2.19. The zero-order valence-electron chi connectivity index (χ0n) is 7.22. The monoisotopic (exact) mass is 270 g/mol. The van der Waals surface area contributed by atoms with E-state index in [1.54, 1.807) is 12.3 Å². The van der Waals surface area contributed by atoms with Crippen LogP contribution in [0.15, 0.2) is 42.6 Å². The van der Waals surface area contributed by atoms with Gasteiger partial charge in [0.1, 0.15) is 0 Å². The molecule has 2 aromatic rings. The van der Waals surface area contributed by atoms with Crippen LogP contribution in [0.1, 0.15) is 0 Å². The van der Waals surface area contributed by atoms with Crippen molar-refractivity contribution >= 4 is 35.7 Å². The van der Waals surface area contributed by atoms with Gasteiger partial charge < -0.3 is 0 Å². The second kappa shape index (κ2) is 4.56. The van der Waals surface area contributed by atoms with Gasteiger partial charge >= 0.3 is 93.5 Å². The Morgan fingerprint density at radius 3 is 2.57 bits per heavy atom. The number of rotatable bonds is 2. The molecule has 2 rings (SSSR count). The van der Waals surface area contributed by atoms with E-state index < -0.39 is 0 Å². The summed E-state index contributed by atoms with van der Waals surface area (Å²) in [5.74, 6) is 0. The fraction of sp³-hybridized carbons (Fsp3) is 0. The first-order valence-corrected chi connectivity index (χ1v) is 6.15. The number of nitrogens with zero attached hydrogens (tertiary/aromatic N) is 2. The molecule has 0 fully saturated rings. The van der Waals surface area contributed by atoms with Gasteiger partial charge in [-0.25, -0.2) is 0 Å². The van der Waals surface area contributed by atoms with Crippen LogP contribution in [-0.4, -0.2) is 24.9 Å². The summed E-state index contributed by atoms with van der Waals surface area (Å²) in [6.45, 7) is 0. The zero-order chi connectivity index (χ0) is 9.80. The van der Waals surface area contributed by atoms with Crippen LogP contribution in [0.3, 0.4) is 0 Å². The maximum atomic E-state index is 5.77. The van der Waals surface area contributed by atoms with Gasteiger partial charge in [0.2, 0.25) is 0 Å². The summed E-state index contributed by atoms with van der Waals surface area (Å²) >= 11 is 5.91. The third-order valence-corrected chi connectivity index (χ3v) is 3.62. The van der Waals surface area contributed by atoms with Crippen molar-refractivity contribution in [3.63, 3.8) is 0 Å². The Hall–Kier alpha value is -0.891. The molecule has 0 amide bonds. The summed E-state index contributed by atoms with van der Waals surface area (Å²) in [7, 11) is 0. The standard InChI is InChI=1S/C10H7ClN2Se/c11-9-6-7-12-10(13-9)14-8-4-2-1-3-5-8/h1-7H. The first-order valence-electron chi connectivity index (χ1n) is 4.06. The topological polar surface area (TPSA) is 25.8 Å². The molecule has 0 radical (unpaired) electrons. The SMILES string of the molecule is Clc1ccnc([Se]c2ccccc2)n1. The molecule has 0 aliphatic heterocycles. The maximum absolute atomic E-state index is 5.77. The van der Waals surface area contributed by atoms with Crippen LogP contribution in [0, 0.1) is 0 Å². The van der Waals surface area contributed by atoms with E-state index in [1.807, 2.05) is 18.2 Å². The second-order valence-corrected chi connectivity index (χ2v) is 5.15. The molecule has 0 saturated heterocycles. The minimum absolute atomic E-state index is 0.145. The van der Waals surface area contributed by atoms with Gasteiger partial charge in [-0.1, -0.05) is 0 Å². The van der Waals surface area contributed by atoms with Gasteiger partial charge in [-0.05, 0) is 0 Å². The fourth-order valence-corrected chi connectivity index (χ4v) is 2.81. The number of aromatic nitrogens is 2. The molecule has 4 heteroatoms. The Morgan fingerprint density at radius 1 is 1.07 bits per heavy atom. The predicted octanol–water partition coefficient (Wildman–Crippen LogP) is 0.785. The van der Waals surface area contributed by atoms with Crippen LogP contribution in [0.4, 0.5) is 0 Å². The summed E-state index contributed by atoms with van der Waals surface area (Å²) in [5.41, 5.74) is 0. The summed E-state index contributed by atoms with van der Waals surface area (Å²) in [6.07, 6.45) is 1.69. The molecule has 14 heavy (non-hydrogen) atoms. The number of hydrogen-bond acceptors (Lipinski definition) is 2. The Bertz CT molecular complexity index is 419. The predicted molar refractivity (Wildman–Crippen MR) is 58.5 cm³/mol. The van der Waals surface area contributed by atoms with Crippen molar-refractivity contribution in [2.75, 3.05) is 0 Å².